The Balaban J connectivity index is 1.89. The number of hydrogen-bond acceptors (Lipinski definition) is 2. The van der Waals surface area contributed by atoms with Crippen molar-refractivity contribution in [2.24, 2.45) is 0 Å². The Morgan fingerprint density at radius 1 is 1.40 bits per heavy atom. The Morgan fingerprint density at radius 3 is 3.07 bits per heavy atom. The van der Waals surface area contributed by atoms with Gasteiger partial charge in [-0.3, -0.25) is 0 Å². The van der Waals surface area contributed by atoms with E-state index in [-0.39, 0.29) is 0 Å². The summed E-state index contributed by atoms with van der Waals surface area (Å²) in [6.07, 6.45) is 2.72. The summed E-state index contributed by atoms with van der Waals surface area (Å²) in [6.45, 7) is 3.19. The lowest BCUT2D eigenvalue weighted by Gasteiger charge is -2.01. The minimum absolute atomic E-state index is 0.797. The van der Waals surface area contributed by atoms with Gasteiger partial charge in [0.15, 0.2) is 0 Å². The van der Waals surface area contributed by atoms with Crippen LogP contribution < -0.4 is 5.32 Å². The summed E-state index contributed by atoms with van der Waals surface area (Å²) < 4.78 is 1.42. The molecule has 0 spiro atoms. The highest BCUT2D eigenvalue weighted by Gasteiger charge is 2.20. The van der Waals surface area contributed by atoms with Crippen molar-refractivity contribution in [1.82, 2.24) is 5.32 Å². The van der Waals surface area contributed by atoms with Gasteiger partial charge in [0.05, 0.1) is 0 Å². The second-order valence-corrected chi connectivity index (χ2v) is 5.33. The lowest BCUT2D eigenvalue weighted by molar-refractivity contribution is 0.692. The highest BCUT2D eigenvalue weighted by molar-refractivity contribution is 7.17. The number of nitrogens with one attached hydrogen (secondary N) is 1. The highest BCUT2D eigenvalue weighted by Crippen LogP contribution is 2.28. The van der Waals surface area contributed by atoms with Gasteiger partial charge in [-0.1, -0.05) is 12.1 Å². The topological polar surface area (TPSA) is 12.0 Å². The quantitative estimate of drug-likeness (QED) is 0.830. The molecule has 1 nitrogen and oxygen atoms in total. The maximum Gasteiger partial charge on any atom is 0.0348 e. The summed E-state index contributed by atoms with van der Waals surface area (Å²) in [5.41, 5.74) is 2.81. The molecule has 1 aromatic carbocycles. The predicted molar refractivity (Wildman–Crippen MR) is 66.4 cm³/mol. The van der Waals surface area contributed by atoms with Crippen molar-refractivity contribution in [2.75, 3.05) is 0 Å². The first-order valence-corrected chi connectivity index (χ1v) is 6.41. The fourth-order valence-electron chi connectivity index (χ4n) is 1.87. The third-order valence-corrected chi connectivity index (χ3v) is 3.96. The van der Waals surface area contributed by atoms with Gasteiger partial charge in [-0.25, -0.2) is 0 Å². The molecule has 1 aliphatic rings. The standard InChI is InChI=1S/C13H15NS/c1-9-2-5-12-10(7-14-11-3-4-11)8-15-13(12)6-9/h2,5-6,8,11,14H,3-4,7H2,1H3. The van der Waals surface area contributed by atoms with Crippen molar-refractivity contribution in [3.63, 3.8) is 0 Å². The van der Waals surface area contributed by atoms with Gasteiger partial charge in [-0.15, -0.1) is 11.3 Å². The van der Waals surface area contributed by atoms with E-state index in [1.807, 2.05) is 11.3 Å². The SMILES string of the molecule is Cc1ccc2c(CNC3CC3)csc2c1. The first-order chi connectivity index (χ1) is 7.33. The zero-order valence-electron chi connectivity index (χ0n) is 8.92. The molecule has 1 saturated carbocycles. The van der Waals surface area contributed by atoms with E-state index in [1.165, 1.54) is 34.1 Å². The van der Waals surface area contributed by atoms with Crippen LogP contribution in [0.2, 0.25) is 0 Å². The third kappa shape index (κ3) is 1.92. The van der Waals surface area contributed by atoms with Crippen LogP contribution in [0.15, 0.2) is 23.6 Å². The number of thiophene rings is 1. The third-order valence-electron chi connectivity index (χ3n) is 2.97. The molecule has 0 unspecified atom stereocenters. The molecule has 0 amide bonds. The molecule has 2 heteroatoms. The fraction of sp³-hybridized carbons (Fsp3) is 0.385. The monoisotopic (exact) mass is 217 g/mol. The molecule has 2 aromatic rings. The summed E-state index contributed by atoms with van der Waals surface area (Å²) >= 11 is 1.86. The summed E-state index contributed by atoms with van der Waals surface area (Å²) in [4.78, 5) is 0. The van der Waals surface area contributed by atoms with Crippen LogP contribution in [0, 0.1) is 6.92 Å². The van der Waals surface area contributed by atoms with Gasteiger partial charge in [0.2, 0.25) is 0 Å². The summed E-state index contributed by atoms with van der Waals surface area (Å²) in [7, 11) is 0. The lowest BCUT2D eigenvalue weighted by Crippen LogP contribution is -2.14. The van der Waals surface area contributed by atoms with E-state index < -0.39 is 0 Å². The van der Waals surface area contributed by atoms with E-state index in [0.717, 1.165) is 12.6 Å². The Morgan fingerprint density at radius 2 is 2.27 bits per heavy atom. The number of aryl methyl sites for hydroxylation is 1. The molecule has 0 radical (unpaired) electrons. The van der Waals surface area contributed by atoms with Gasteiger partial charge in [-0.05, 0) is 47.7 Å². The van der Waals surface area contributed by atoms with Crippen LogP contribution in [0.4, 0.5) is 0 Å². The van der Waals surface area contributed by atoms with Crippen molar-refractivity contribution in [2.45, 2.75) is 32.4 Å². The van der Waals surface area contributed by atoms with Crippen LogP contribution in [0.25, 0.3) is 10.1 Å². The number of hydrogen-bond donors (Lipinski definition) is 1. The number of fused-ring (bicyclic) bond motifs is 1. The van der Waals surface area contributed by atoms with Crippen LogP contribution in [-0.2, 0) is 6.54 Å². The summed E-state index contributed by atoms with van der Waals surface area (Å²) in [6, 6.07) is 7.53. The molecular formula is C13H15NS. The molecule has 15 heavy (non-hydrogen) atoms. The highest BCUT2D eigenvalue weighted by atomic mass is 32.1. The van der Waals surface area contributed by atoms with E-state index in [0.29, 0.717) is 0 Å². The maximum atomic E-state index is 3.57. The van der Waals surface area contributed by atoms with Crippen molar-refractivity contribution in [1.29, 1.82) is 0 Å². The van der Waals surface area contributed by atoms with Crippen LogP contribution in [0.5, 0.6) is 0 Å². The smallest absolute Gasteiger partial charge is 0.0348 e. The Bertz CT molecular complexity index is 482. The molecule has 0 atom stereocenters. The van der Waals surface area contributed by atoms with E-state index in [9.17, 15) is 0 Å². The molecule has 1 heterocycles. The van der Waals surface area contributed by atoms with Crippen LogP contribution in [0.1, 0.15) is 24.0 Å². The van der Waals surface area contributed by atoms with Crippen LogP contribution in [0.3, 0.4) is 0 Å². The normalized spacial score (nSPS) is 16.1. The Hall–Kier alpha value is -0.860. The van der Waals surface area contributed by atoms with Crippen molar-refractivity contribution >= 4 is 21.4 Å². The zero-order chi connectivity index (χ0) is 10.3. The van der Waals surface area contributed by atoms with Gasteiger partial charge >= 0.3 is 0 Å². The van der Waals surface area contributed by atoms with E-state index in [4.69, 9.17) is 0 Å². The average molecular weight is 217 g/mol. The molecule has 78 valence electrons. The van der Waals surface area contributed by atoms with Crippen molar-refractivity contribution < 1.29 is 0 Å². The maximum absolute atomic E-state index is 3.57. The van der Waals surface area contributed by atoms with Gasteiger partial charge in [-0.2, -0.15) is 0 Å². The average Bonchev–Trinajstić information content (AvgIpc) is 2.97. The lowest BCUT2D eigenvalue weighted by atomic mass is 10.1. The molecule has 1 aliphatic carbocycles. The van der Waals surface area contributed by atoms with Crippen molar-refractivity contribution in [3.8, 4) is 0 Å². The van der Waals surface area contributed by atoms with Gasteiger partial charge in [0.25, 0.3) is 0 Å². The first kappa shape index (κ1) is 9.37. The molecule has 1 N–H and O–H groups in total. The molecule has 0 bridgehead atoms. The largest absolute Gasteiger partial charge is 0.310 e. The van der Waals surface area contributed by atoms with Crippen LogP contribution in [-0.4, -0.2) is 6.04 Å². The zero-order valence-corrected chi connectivity index (χ0v) is 9.73. The molecule has 0 saturated heterocycles. The Labute approximate surface area is 94.1 Å². The van der Waals surface area contributed by atoms with E-state index >= 15 is 0 Å². The molecule has 1 fully saturated rings. The van der Waals surface area contributed by atoms with E-state index in [1.54, 1.807) is 0 Å². The predicted octanol–water partition coefficient (Wildman–Crippen LogP) is 3.46. The second-order valence-electron chi connectivity index (χ2n) is 4.42. The van der Waals surface area contributed by atoms with Gasteiger partial charge in [0.1, 0.15) is 0 Å². The summed E-state index contributed by atoms with van der Waals surface area (Å²) in [5, 5.41) is 7.29. The van der Waals surface area contributed by atoms with Gasteiger partial charge in [0, 0.05) is 17.3 Å². The molecule has 0 aliphatic heterocycles. The second kappa shape index (κ2) is 3.62. The summed E-state index contributed by atoms with van der Waals surface area (Å²) in [5.74, 6) is 0. The molecule has 1 aromatic heterocycles. The van der Waals surface area contributed by atoms with Gasteiger partial charge < -0.3 is 5.32 Å². The molecule has 3 rings (SSSR count). The number of rotatable bonds is 3. The van der Waals surface area contributed by atoms with Crippen molar-refractivity contribution in [3.05, 3.63) is 34.7 Å². The fourth-order valence-corrected chi connectivity index (χ4v) is 2.93. The molecular weight excluding hydrogens is 202 g/mol. The number of benzene rings is 1. The van der Waals surface area contributed by atoms with Crippen LogP contribution >= 0.6 is 11.3 Å². The minimum Gasteiger partial charge on any atom is -0.310 e. The van der Waals surface area contributed by atoms with E-state index in [2.05, 4.69) is 35.8 Å². The Kier molecular flexibility index (Phi) is 2.26. The minimum atomic E-state index is 0.797. The first-order valence-electron chi connectivity index (χ1n) is 5.53.